The Hall–Kier alpha value is 2.45. The quantitative estimate of drug-likeness (QED) is 0.350. The van der Waals surface area contributed by atoms with Crippen LogP contribution in [0.3, 0.4) is 0 Å². The Morgan fingerprint density at radius 1 is 0.323 bits per heavy atom. The smallest absolute Gasteiger partial charge is 0.693 e. The van der Waals surface area contributed by atoms with Crippen LogP contribution in [-0.2, 0) is 81.9 Å². The van der Waals surface area contributed by atoms with Crippen LogP contribution in [0, 0.1) is 23.7 Å². The molecule has 8 N–H and O–H groups in total. The van der Waals surface area contributed by atoms with Crippen LogP contribution in [0.1, 0.15) is 51.4 Å². The molecule has 4 fully saturated rings. The van der Waals surface area contributed by atoms with E-state index in [9.17, 15) is 0 Å². The molecule has 0 atom stereocenters. The fourth-order valence-electron chi connectivity index (χ4n) is 4.97. The largest absolute Gasteiger partial charge is 2.00 e. The van der Waals surface area contributed by atoms with Crippen LogP contribution >= 0.6 is 0 Å². The zero-order valence-electron chi connectivity index (χ0n) is 19.7. The number of rotatable bonds is 2. The summed E-state index contributed by atoms with van der Waals surface area (Å²) in [4.78, 5) is 0. The van der Waals surface area contributed by atoms with Gasteiger partial charge in [-0.3, -0.25) is 0 Å². The Labute approximate surface area is 251 Å². The van der Waals surface area contributed by atoms with Crippen molar-refractivity contribution in [1.29, 1.82) is 0 Å². The summed E-state index contributed by atoms with van der Waals surface area (Å²) >= 11 is 0. The van der Waals surface area contributed by atoms with Crippen molar-refractivity contribution in [3.8, 4) is 0 Å². The van der Waals surface area contributed by atoms with Gasteiger partial charge >= 0.3 is 81.9 Å². The van der Waals surface area contributed by atoms with Crippen molar-refractivity contribution in [2.24, 2.45) is 23.7 Å². The first-order valence-corrected chi connectivity index (χ1v) is 10.5. The Morgan fingerprint density at radius 3 is 0.581 bits per heavy atom. The molecule has 172 valence electrons. The van der Waals surface area contributed by atoms with E-state index in [-0.39, 0.29) is 105 Å². The minimum absolute atomic E-state index is 0. The summed E-state index contributed by atoms with van der Waals surface area (Å²) in [5, 5.41) is 17.6. The van der Waals surface area contributed by atoms with Gasteiger partial charge in [-0.2, -0.15) is 0 Å². The molecule has 0 unspecified atom stereocenters. The van der Waals surface area contributed by atoms with Crippen molar-refractivity contribution in [1.82, 2.24) is 0 Å². The standard InChI is InChI=1S/2C10H18N2.3Cd.2H2N.2H2O/c2*1-5-11-6-2-9(1)10-3-7-12-8-4-10;;;;;;;/h2*9-10H,1-8H2;;;;4*1H2/q2*-2;3*+2;2*-1;;. The molecule has 0 aromatic carbocycles. The molecule has 4 saturated heterocycles. The summed E-state index contributed by atoms with van der Waals surface area (Å²) in [6.45, 7) is 8.99. The van der Waals surface area contributed by atoms with Crippen molar-refractivity contribution < 1.29 is 92.8 Å². The molecule has 0 amide bonds. The number of nitrogens with two attached hydrogens (primary N) is 2. The number of piperidine rings is 4. The molecule has 31 heavy (non-hydrogen) atoms. The third-order valence-corrected chi connectivity index (χ3v) is 6.60. The van der Waals surface area contributed by atoms with Crippen molar-refractivity contribution in [2.45, 2.75) is 51.4 Å². The van der Waals surface area contributed by atoms with Gasteiger partial charge in [0.15, 0.2) is 0 Å². The van der Waals surface area contributed by atoms with Gasteiger partial charge in [-0.05, 0) is 23.7 Å². The maximum Gasteiger partial charge on any atom is 2.00 e. The zero-order valence-corrected chi connectivity index (χ0v) is 31.8. The van der Waals surface area contributed by atoms with Crippen molar-refractivity contribution in [3.05, 3.63) is 33.6 Å². The van der Waals surface area contributed by atoms with Crippen LogP contribution in [0.5, 0.6) is 0 Å². The van der Waals surface area contributed by atoms with Gasteiger partial charge in [0.05, 0.1) is 0 Å². The molecule has 4 aliphatic rings. The average molecular weight is 738 g/mol. The summed E-state index contributed by atoms with van der Waals surface area (Å²) in [7, 11) is 0. The van der Waals surface area contributed by atoms with Gasteiger partial charge in [0.25, 0.3) is 0 Å². The topological polar surface area (TPSA) is 186 Å². The Kier molecular flexibility index (Phi) is 38.0. The van der Waals surface area contributed by atoms with Gasteiger partial charge in [0.2, 0.25) is 0 Å². The molecule has 4 heterocycles. The van der Waals surface area contributed by atoms with E-state index in [1.165, 1.54) is 51.4 Å². The molecule has 4 aliphatic heterocycles. The second-order valence-corrected chi connectivity index (χ2v) is 8.03. The van der Waals surface area contributed by atoms with Crippen molar-refractivity contribution in [2.75, 3.05) is 52.4 Å². The molecule has 0 radical (unpaired) electrons. The van der Waals surface area contributed by atoms with Gasteiger partial charge < -0.3 is 44.5 Å². The fraction of sp³-hybridized carbons (Fsp3) is 1.00. The van der Waals surface area contributed by atoms with Crippen LogP contribution in [0.4, 0.5) is 0 Å². The predicted octanol–water partition coefficient (Wildman–Crippen LogP) is 4.88. The number of nitrogens with zero attached hydrogens (tertiary/aromatic N) is 4. The molecule has 0 aliphatic carbocycles. The first-order chi connectivity index (χ1) is 11.9. The fourth-order valence-corrected chi connectivity index (χ4v) is 4.97. The average Bonchev–Trinajstić information content (AvgIpc) is 2.71. The Bertz CT molecular complexity index is 277. The molecule has 11 heteroatoms. The summed E-state index contributed by atoms with van der Waals surface area (Å²) in [5.41, 5.74) is 0. The van der Waals surface area contributed by atoms with E-state index in [4.69, 9.17) is 0 Å². The number of hydrogen-bond donors (Lipinski definition) is 0. The monoisotopic (exact) mass is 742 g/mol. The van der Waals surface area contributed by atoms with Crippen LogP contribution in [0.25, 0.3) is 33.6 Å². The minimum atomic E-state index is 0. The Balaban J connectivity index is -0.000000119. The second kappa shape index (κ2) is 27.0. The van der Waals surface area contributed by atoms with Gasteiger partial charge in [-0.15, -0.1) is 52.4 Å². The SMILES string of the molecule is C1CC(C2CC[N-]CC2)CC[N-]1.C1CC(C2CC[N-]CC2)CC[N-]1.O.O.[Cd+2].[Cd+2].[Cd+2].[NH2-].[NH2-]. The van der Waals surface area contributed by atoms with Gasteiger partial charge in [0, 0.05) is 0 Å². The molecule has 0 aromatic heterocycles. The van der Waals surface area contributed by atoms with Gasteiger partial charge in [-0.1, -0.05) is 51.4 Å². The molecule has 0 bridgehead atoms. The second-order valence-electron chi connectivity index (χ2n) is 8.03. The zero-order chi connectivity index (χ0) is 16.5. The number of hydrogen-bond acceptors (Lipinski definition) is 0. The molecular formula is C20H44Cd3N6O2. The van der Waals surface area contributed by atoms with E-state index in [0.717, 1.165) is 76.0 Å². The van der Waals surface area contributed by atoms with E-state index >= 15 is 0 Å². The molecule has 4 rings (SSSR count). The summed E-state index contributed by atoms with van der Waals surface area (Å²) in [6, 6.07) is 0. The van der Waals surface area contributed by atoms with Crippen LogP contribution < -0.4 is 0 Å². The van der Waals surface area contributed by atoms with E-state index in [1.807, 2.05) is 0 Å². The predicted molar refractivity (Wildman–Crippen MR) is 121 cm³/mol. The molecule has 0 aromatic rings. The van der Waals surface area contributed by atoms with E-state index in [1.54, 1.807) is 0 Å². The normalized spacial score (nSPS) is 22.5. The first kappa shape index (κ1) is 43.5. The van der Waals surface area contributed by atoms with Crippen molar-refractivity contribution in [3.63, 3.8) is 0 Å². The summed E-state index contributed by atoms with van der Waals surface area (Å²) in [5.74, 6) is 3.94. The molecule has 8 nitrogen and oxygen atoms in total. The third kappa shape index (κ3) is 16.7. The first-order valence-electron chi connectivity index (χ1n) is 10.5. The third-order valence-electron chi connectivity index (χ3n) is 6.60. The maximum absolute atomic E-state index is 4.40. The van der Waals surface area contributed by atoms with Crippen LogP contribution in [0.2, 0.25) is 0 Å². The van der Waals surface area contributed by atoms with Gasteiger partial charge in [-0.25, -0.2) is 0 Å². The van der Waals surface area contributed by atoms with Crippen LogP contribution in [-0.4, -0.2) is 63.3 Å². The summed E-state index contributed by atoms with van der Waals surface area (Å²) < 4.78 is 0. The minimum Gasteiger partial charge on any atom is -0.693 e. The van der Waals surface area contributed by atoms with E-state index in [2.05, 4.69) is 21.3 Å². The summed E-state index contributed by atoms with van der Waals surface area (Å²) in [6.07, 6.45) is 10.8. The molecule has 0 spiro atoms. The Morgan fingerprint density at radius 2 is 0.452 bits per heavy atom. The molecular weight excluding hydrogens is 693 g/mol. The molecule has 0 saturated carbocycles. The van der Waals surface area contributed by atoms with Crippen molar-refractivity contribution >= 4 is 0 Å². The van der Waals surface area contributed by atoms with E-state index in [0.29, 0.717) is 0 Å². The van der Waals surface area contributed by atoms with Gasteiger partial charge in [0.1, 0.15) is 0 Å². The van der Waals surface area contributed by atoms with Crippen LogP contribution in [0.15, 0.2) is 0 Å². The maximum atomic E-state index is 4.40. The van der Waals surface area contributed by atoms with E-state index < -0.39 is 0 Å².